The number of rotatable bonds is 5. The number of aliphatic hydroxyl groups is 1. The number of carbonyl (C=O) groups is 1. The Morgan fingerprint density at radius 2 is 1.75 bits per heavy atom. The van der Waals surface area contributed by atoms with Crippen LogP contribution in [0.3, 0.4) is 0 Å². The topological polar surface area (TPSA) is 49.3 Å². The number of hydrogen-bond acceptors (Lipinski definition) is 3. The maximum Gasteiger partial charge on any atom is 0.230 e. The van der Waals surface area contributed by atoms with Crippen LogP contribution in [0.5, 0.6) is 0 Å². The van der Waals surface area contributed by atoms with Gasteiger partial charge in [0.2, 0.25) is 5.91 Å². The molecule has 0 bridgehead atoms. The summed E-state index contributed by atoms with van der Waals surface area (Å²) in [7, 11) is 0. The highest BCUT2D eigenvalue weighted by Gasteiger charge is 2.60. The summed E-state index contributed by atoms with van der Waals surface area (Å²) in [6.45, 7) is 5.04. The minimum absolute atomic E-state index is 0.0654. The molecule has 2 N–H and O–H groups in total. The molecule has 32 heavy (non-hydrogen) atoms. The Balaban J connectivity index is 1.20. The van der Waals surface area contributed by atoms with Crippen molar-refractivity contribution in [2.75, 3.05) is 5.75 Å². The van der Waals surface area contributed by atoms with Gasteiger partial charge in [0.05, 0.1) is 11.9 Å². The number of carbonyl (C=O) groups excluding carboxylic acids is 1. The lowest BCUT2D eigenvalue weighted by atomic mass is 9.45. The first-order chi connectivity index (χ1) is 15.4. The van der Waals surface area contributed by atoms with Crippen LogP contribution in [0.2, 0.25) is 0 Å². The lowest BCUT2D eigenvalue weighted by Gasteiger charge is -2.60. The first kappa shape index (κ1) is 22.8. The summed E-state index contributed by atoms with van der Waals surface area (Å²) < 4.78 is 0. The van der Waals surface area contributed by atoms with E-state index in [-0.39, 0.29) is 17.4 Å². The van der Waals surface area contributed by atoms with E-state index in [0.717, 1.165) is 48.7 Å². The minimum Gasteiger partial charge on any atom is -0.393 e. The van der Waals surface area contributed by atoms with E-state index in [0.29, 0.717) is 17.2 Å². The van der Waals surface area contributed by atoms with Crippen LogP contribution in [-0.2, 0) is 10.5 Å². The molecule has 0 unspecified atom stereocenters. The molecule has 1 aromatic carbocycles. The molecule has 0 heterocycles. The molecular formula is C28H41NO2S. The van der Waals surface area contributed by atoms with Gasteiger partial charge in [-0.3, -0.25) is 4.79 Å². The van der Waals surface area contributed by atoms with Crippen molar-refractivity contribution in [2.24, 2.45) is 34.5 Å². The van der Waals surface area contributed by atoms with Crippen molar-refractivity contribution in [1.29, 1.82) is 0 Å². The molecule has 176 valence electrons. The second-order valence-electron chi connectivity index (χ2n) is 11.8. The Labute approximate surface area is 198 Å². The highest BCUT2D eigenvalue weighted by Crippen LogP contribution is 2.66. The predicted octanol–water partition coefficient (Wildman–Crippen LogP) is 5.81. The van der Waals surface area contributed by atoms with E-state index in [9.17, 15) is 9.90 Å². The molecule has 8 atom stereocenters. The van der Waals surface area contributed by atoms with E-state index in [4.69, 9.17) is 0 Å². The van der Waals surface area contributed by atoms with E-state index in [1.54, 1.807) is 11.8 Å². The fourth-order valence-electron chi connectivity index (χ4n) is 8.54. The standard InChI is InChI=1S/C28H41NO2S/c1-27-14-12-21(30)16-20(27)8-9-22-23-10-11-25(28(23,2)15-13-24(22)27)29-26(31)18-32-17-19-6-4-3-5-7-19/h3-7,20-25,30H,8-18H2,1-2H3,(H,29,31)/t20-,21-,22-,23+,24-,25-,27-,28-/m0/s1. The van der Waals surface area contributed by atoms with Crippen LogP contribution in [0.25, 0.3) is 0 Å². The van der Waals surface area contributed by atoms with Crippen molar-refractivity contribution in [2.45, 2.75) is 89.5 Å². The molecule has 5 rings (SSSR count). The molecule has 4 fully saturated rings. The van der Waals surface area contributed by atoms with Gasteiger partial charge >= 0.3 is 0 Å². The first-order valence-electron chi connectivity index (χ1n) is 13.0. The molecule has 0 radical (unpaired) electrons. The van der Waals surface area contributed by atoms with Crippen LogP contribution in [0.15, 0.2) is 30.3 Å². The zero-order valence-corrected chi connectivity index (χ0v) is 20.7. The van der Waals surface area contributed by atoms with E-state index < -0.39 is 0 Å². The van der Waals surface area contributed by atoms with Crippen molar-refractivity contribution in [3.63, 3.8) is 0 Å². The van der Waals surface area contributed by atoms with Gasteiger partial charge in [-0.2, -0.15) is 0 Å². The van der Waals surface area contributed by atoms with Gasteiger partial charge in [0, 0.05) is 11.8 Å². The quantitative estimate of drug-likeness (QED) is 0.589. The molecule has 1 amide bonds. The lowest BCUT2D eigenvalue weighted by Crippen LogP contribution is -2.56. The Kier molecular flexibility index (Phi) is 6.39. The summed E-state index contributed by atoms with van der Waals surface area (Å²) in [6, 6.07) is 10.8. The Morgan fingerprint density at radius 3 is 2.56 bits per heavy atom. The van der Waals surface area contributed by atoms with Crippen LogP contribution in [-0.4, -0.2) is 28.9 Å². The molecule has 1 aromatic rings. The summed E-state index contributed by atoms with van der Waals surface area (Å²) >= 11 is 1.72. The maximum absolute atomic E-state index is 12.8. The summed E-state index contributed by atoms with van der Waals surface area (Å²) in [6.07, 6.45) is 10.8. The molecule has 0 aromatic heterocycles. The third kappa shape index (κ3) is 4.04. The van der Waals surface area contributed by atoms with Crippen molar-refractivity contribution in [3.8, 4) is 0 Å². The molecule has 0 saturated heterocycles. The van der Waals surface area contributed by atoms with Gasteiger partial charge in [-0.25, -0.2) is 0 Å². The molecular weight excluding hydrogens is 414 g/mol. The summed E-state index contributed by atoms with van der Waals surface area (Å²) in [5.41, 5.74) is 1.98. The highest BCUT2D eigenvalue weighted by molar-refractivity contribution is 7.99. The zero-order chi connectivity index (χ0) is 22.3. The largest absolute Gasteiger partial charge is 0.393 e. The highest BCUT2D eigenvalue weighted by atomic mass is 32.2. The van der Waals surface area contributed by atoms with Gasteiger partial charge in [0.1, 0.15) is 0 Å². The van der Waals surface area contributed by atoms with Crippen LogP contribution >= 0.6 is 11.8 Å². The van der Waals surface area contributed by atoms with Crippen molar-refractivity contribution < 1.29 is 9.90 Å². The maximum atomic E-state index is 12.8. The van der Waals surface area contributed by atoms with E-state index in [2.05, 4.69) is 43.4 Å². The number of hydrogen-bond donors (Lipinski definition) is 2. The van der Waals surface area contributed by atoms with Gasteiger partial charge < -0.3 is 10.4 Å². The third-order valence-corrected chi connectivity index (χ3v) is 11.3. The summed E-state index contributed by atoms with van der Waals surface area (Å²) in [4.78, 5) is 12.8. The first-order valence-corrected chi connectivity index (χ1v) is 14.1. The molecule has 0 spiro atoms. The van der Waals surface area contributed by atoms with Crippen LogP contribution < -0.4 is 5.32 Å². The molecule has 4 heteroatoms. The smallest absolute Gasteiger partial charge is 0.230 e. The van der Waals surface area contributed by atoms with Gasteiger partial charge in [0.15, 0.2) is 0 Å². The molecule has 3 nitrogen and oxygen atoms in total. The zero-order valence-electron chi connectivity index (χ0n) is 19.9. The number of nitrogens with one attached hydrogen (secondary N) is 1. The van der Waals surface area contributed by atoms with E-state index in [1.165, 1.54) is 44.1 Å². The van der Waals surface area contributed by atoms with Gasteiger partial charge in [-0.05, 0) is 97.9 Å². The SMILES string of the molecule is C[C@]12CC[C@H](O)C[C@@H]1CC[C@H]1[C@H]3CC[C@H](NC(=O)CSCc4ccccc4)[C@@]3(C)CC[C@@H]12. The Morgan fingerprint density at radius 1 is 1.00 bits per heavy atom. The summed E-state index contributed by atoms with van der Waals surface area (Å²) in [5.74, 6) is 4.79. The molecule has 4 aliphatic carbocycles. The number of thioether (sulfide) groups is 1. The normalized spacial score (nSPS) is 43.1. The third-order valence-electron chi connectivity index (χ3n) is 10.3. The number of amides is 1. The minimum atomic E-state index is -0.0654. The summed E-state index contributed by atoms with van der Waals surface area (Å²) in [5, 5.41) is 13.7. The molecule has 0 aliphatic heterocycles. The average molecular weight is 456 g/mol. The fourth-order valence-corrected chi connectivity index (χ4v) is 9.34. The Hall–Kier alpha value is -1.00. The van der Waals surface area contributed by atoms with Crippen LogP contribution in [0, 0.1) is 34.5 Å². The van der Waals surface area contributed by atoms with Crippen molar-refractivity contribution >= 4 is 17.7 Å². The number of aliphatic hydroxyl groups excluding tert-OH is 1. The molecule has 4 aliphatic rings. The second kappa shape index (κ2) is 8.98. The fraction of sp³-hybridized carbons (Fsp3) is 0.750. The van der Waals surface area contributed by atoms with E-state index in [1.807, 2.05) is 6.07 Å². The number of benzene rings is 1. The number of fused-ring (bicyclic) bond motifs is 5. The lowest BCUT2D eigenvalue weighted by molar-refractivity contribution is -0.128. The monoisotopic (exact) mass is 455 g/mol. The predicted molar refractivity (Wildman–Crippen MR) is 132 cm³/mol. The van der Waals surface area contributed by atoms with E-state index >= 15 is 0 Å². The van der Waals surface area contributed by atoms with Crippen molar-refractivity contribution in [3.05, 3.63) is 35.9 Å². The van der Waals surface area contributed by atoms with Gasteiger partial charge in [-0.1, -0.05) is 44.2 Å². The second-order valence-corrected chi connectivity index (χ2v) is 12.8. The average Bonchev–Trinajstić information content (AvgIpc) is 3.11. The molecule has 4 saturated carbocycles. The van der Waals surface area contributed by atoms with Crippen LogP contribution in [0.4, 0.5) is 0 Å². The Bertz CT molecular complexity index is 815. The van der Waals surface area contributed by atoms with Crippen molar-refractivity contribution in [1.82, 2.24) is 5.32 Å². The van der Waals surface area contributed by atoms with Crippen LogP contribution in [0.1, 0.15) is 77.2 Å². The van der Waals surface area contributed by atoms with Gasteiger partial charge in [-0.15, -0.1) is 11.8 Å². The van der Waals surface area contributed by atoms with Gasteiger partial charge in [0.25, 0.3) is 0 Å².